The first-order valence-corrected chi connectivity index (χ1v) is 29.9. The van der Waals surface area contributed by atoms with E-state index in [1.165, 1.54) is 155 Å². The molecular formula is C78H66B2N2. The average molecular weight is 1050 g/mol. The summed E-state index contributed by atoms with van der Waals surface area (Å²) in [5.74, 6) is 1.19. The van der Waals surface area contributed by atoms with Crippen LogP contribution in [-0.4, -0.2) is 22.6 Å². The summed E-state index contributed by atoms with van der Waals surface area (Å²) in [4.78, 5) is 0. The maximum Gasteiger partial charge on any atom is 0.247 e. The number of benzene rings is 11. The minimum absolute atomic E-state index is 0.0810. The number of fused-ring (bicyclic) bond motifs is 10. The average Bonchev–Trinajstić information content (AvgIpc) is 1.70. The summed E-state index contributed by atoms with van der Waals surface area (Å²) in [5.41, 5.74) is 31.5. The number of aromatic nitrogens is 2. The van der Waals surface area contributed by atoms with Crippen molar-refractivity contribution in [1.29, 1.82) is 0 Å². The fourth-order valence-electron chi connectivity index (χ4n) is 15.1. The summed E-state index contributed by atoms with van der Waals surface area (Å²) in [6, 6.07) is 88.3. The van der Waals surface area contributed by atoms with Gasteiger partial charge in [-0.3, -0.25) is 0 Å². The summed E-state index contributed by atoms with van der Waals surface area (Å²) in [5, 5.41) is 5.22. The highest BCUT2D eigenvalue weighted by Crippen LogP contribution is 2.47. The van der Waals surface area contributed by atoms with Gasteiger partial charge in [0.15, 0.2) is 0 Å². The van der Waals surface area contributed by atoms with Gasteiger partial charge in [-0.1, -0.05) is 273 Å². The Morgan fingerprint density at radius 2 is 0.561 bits per heavy atom. The standard InChI is InChI=1S/C78H66B2N2/c1-47(2)55-33-21-34-56(48(3)4)75(55)79-63-43-41-61(53-29-17-11-18-30-53)73-71-59(51-25-13-9-14-26-51)37-23-39-67(71)81(77(63)73)69-46-66-70(45-65(69)79)82-68-40-24-38-60(52-27-15-10-16-28-52)72(68)74-62(54-31-19-12-20-32-54)42-44-64(78(74)82)80(66)76-57(49(5)6)35-22-36-58(76)50(7)8/h9-50H,1-8H3. The molecule has 2 aliphatic rings. The van der Waals surface area contributed by atoms with Crippen molar-refractivity contribution in [1.82, 2.24) is 9.13 Å². The van der Waals surface area contributed by atoms with Crippen LogP contribution in [-0.2, 0) is 0 Å². The van der Waals surface area contributed by atoms with Gasteiger partial charge < -0.3 is 9.13 Å². The van der Waals surface area contributed by atoms with Crippen molar-refractivity contribution >= 4 is 89.8 Å². The van der Waals surface area contributed by atoms with Gasteiger partial charge in [0.05, 0.1) is 22.1 Å². The molecule has 0 saturated heterocycles. The zero-order chi connectivity index (χ0) is 55.7. The van der Waals surface area contributed by atoms with Crippen LogP contribution in [0.5, 0.6) is 0 Å². The van der Waals surface area contributed by atoms with Gasteiger partial charge in [0.1, 0.15) is 0 Å². The summed E-state index contributed by atoms with van der Waals surface area (Å²) in [6.45, 7) is 19.0. The highest BCUT2D eigenvalue weighted by Gasteiger charge is 2.43. The molecule has 0 atom stereocenters. The van der Waals surface area contributed by atoms with Crippen LogP contribution >= 0.6 is 0 Å². The van der Waals surface area contributed by atoms with Crippen LogP contribution in [0.15, 0.2) is 231 Å². The van der Waals surface area contributed by atoms with Gasteiger partial charge in [-0.05, 0) is 137 Å². The maximum atomic E-state index is 2.72. The van der Waals surface area contributed by atoms with Crippen LogP contribution in [0, 0.1) is 0 Å². The molecule has 13 aromatic rings. The van der Waals surface area contributed by atoms with Crippen molar-refractivity contribution in [2.45, 2.75) is 79.1 Å². The monoisotopic (exact) mass is 1050 g/mol. The number of rotatable bonds is 10. The third-order valence-electron chi connectivity index (χ3n) is 18.6. The molecule has 0 aliphatic carbocycles. The zero-order valence-corrected chi connectivity index (χ0v) is 48.3. The predicted molar refractivity (Wildman–Crippen MR) is 355 cm³/mol. The molecule has 82 heavy (non-hydrogen) atoms. The Morgan fingerprint density at radius 1 is 0.268 bits per heavy atom. The molecular weight excluding hydrogens is 986 g/mol. The highest BCUT2D eigenvalue weighted by atomic mass is 15.0. The molecule has 0 N–H and O–H groups in total. The Morgan fingerprint density at radius 3 is 0.866 bits per heavy atom. The summed E-state index contributed by atoms with van der Waals surface area (Å²) < 4.78 is 5.44. The molecule has 2 nitrogen and oxygen atoms in total. The van der Waals surface area contributed by atoms with Gasteiger partial charge in [0, 0.05) is 32.9 Å². The highest BCUT2D eigenvalue weighted by molar-refractivity contribution is 7.00. The molecule has 0 bridgehead atoms. The topological polar surface area (TPSA) is 9.86 Å². The second-order valence-electron chi connectivity index (χ2n) is 24.5. The second-order valence-corrected chi connectivity index (χ2v) is 24.5. The molecule has 0 amide bonds. The molecule has 4 heteroatoms. The molecule has 394 valence electrons. The normalized spacial score (nSPS) is 12.8. The molecule has 15 rings (SSSR count). The van der Waals surface area contributed by atoms with Gasteiger partial charge in [-0.2, -0.15) is 0 Å². The minimum Gasteiger partial charge on any atom is -0.310 e. The van der Waals surface area contributed by atoms with Crippen LogP contribution in [0.25, 0.3) is 99.5 Å². The molecule has 0 saturated carbocycles. The van der Waals surface area contributed by atoms with Crippen molar-refractivity contribution in [2.75, 3.05) is 0 Å². The van der Waals surface area contributed by atoms with Crippen LogP contribution < -0.4 is 32.8 Å². The zero-order valence-electron chi connectivity index (χ0n) is 48.3. The molecule has 11 aromatic carbocycles. The van der Waals surface area contributed by atoms with E-state index in [0.29, 0.717) is 23.7 Å². The number of hydrogen-bond acceptors (Lipinski definition) is 0. The largest absolute Gasteiger partial charge is 0.310 e. The third-order valence-corrected chi connectivity index (χ3v) is 18.6. The predicted octanol–water partition coefficient (Wildman–Crippen LogP) is 16.7. The lowest BCUT2D eigenvalue weighted by atomic mass is 9.31. The van der Waals surface area contributed by atoms with Gasteiger partial charge in [0.25, 0.3) is 0 Å². The summed E-state index contributed by atoms with van der Waals surface area (Å²) in [7, 11) is 0. The van der Waals surface area contributed by atoms with E-state index in [-0.39, 0.29) is 13.4 Å². The molecule has 0 unspecified atom stereocenters. The molecule has 2 aliphatic heterocycles. The van der Waals surface area contributed by atoms with E-state index < -0.39 is 0 Å². The van der Waals surface area contributed by atoms with Gasteiger partial charge in [-0.15, -0.1) is 0 Å². The van der Waals surface area contributed by atoms with Crippen LogP contribution in [0.1, 0.15) is 101 Å². The minimum atomic E-state index is -0.0810. The molecule has 2 aromatic heterocycles. The fourth-order valence-corrected chi connectivity index (χ4v) is 15.1. The Bertz CT molecular complexity index is 4330. The lowest BCUT2D eigenvalue weighted by Gasteiger charge is -2.36. The maximum absolute atomic E-state index is 2.72. The molecule has 4 heterocycles. The molecule has 0 fully saturated rings. The van der Waals surface area contributed by atoms with Crippen LogP contribution in [0.4, 0.5) is 0 Å². The quantitative estimate of drug-likeness (QED) is 0.121. The third kappa shape index (κ3) is 7.43. The Hall–Kier alpha value is -8.85. The first kappa shape index (κ1) is 50.1. The Kier molecular flexibility index (Phi) is 11.9. The lowest BCUT2D eigenvalue weighted by Crippen LogP contribution is -2.61. The van der Waals surface area contributed by atoms with E-state index in [1.807, 2.05) is 0 Å². The fraction of sp³-hybridized carbons (Fsp3) is 0.154. The van der Waals surface area contributed by atoms with E-state index in [1.54, 1.807) is 0 Å². The van der Waals surface area contributed by atoms with E-state index in [9.17, 15) is 0 Å². The first-order chi connectivity index (χ1) is 40.1. The Labute approximate surface area is 483 Å². The summed E-state index contributed by atoms with van der Waals surface area (Å²) >= 11 is 0. The number of nitrogens with zero attached hydrogens (tertiary/aromatic N) is 2. The van der Waals surface area contributed by atoms with Gasteiger partial charge in [-0.25, -0.2) is 0 Å². The number of hydrogen-bond donors (Lipinski definition) is 0. The van der Waals surface area contributed by atoms with Crippen molar-refractivity contribution in [3.05, 3.63) is 253 Å². The van der Waals surface area contributed by atoms with E-state index in [4.69, 9.17) is 0 Å². The SMILES string of the molecule is CC(C)c1cccc(C(C)C)c1B1c2cc3c(cc2-n2c4cccc(-c5ccccc5)c4c4c(-c5ccccc5)ccc1c42)B(c1c(C(C)C)cccc1C(C)C)c1ccc(-c2ccccc2)c2c4c(-c5ccccc5)cccc4n-3c12. The van der Waals surface area contributed by atoms with Crippen molar-refractivity contribution in [3.8, 4) is 55.9 Å². The molecule has 0 radical (unpaired) electrons. The van der Waals surface area contributed by atoms with E-state index in [2.05, 4.69) is 295 Å². The van der Waals surface area contributed by atoms with Crippen LogP contribution in [0.2, 0.25) is 0 Å². The smallest absolute Gasteiger partial charge is 0.247 e. The van der Waals surface area contributed by atoms with Crippen LogP contribution in [0.3, 0.4) is 0 Å². The van der Waals surface area contributed by atoms with E-state index >= 15 is 0 Å². The van der Waals surface area contributed by atoms with Gasteiger partial charge >= 0.3 is 0 Å². The van der Waals surface area contributed by atoms with Crippen molar-refractivity contribution < 1.29 is 0 Å². The lowest BCUT2D eigenvalue weighted by molar-refractivity contribution is 0.845. The summed E-state index contributed by atoms with van der Waals surface area (Å²) in [6.07, 6.45) is 0. The van der Waals surface area contributed by atoms with Crippen molar-refractivity contribution in [2.24, 2.45) is 0 Å². The van der Waals surface area contributed by atoms with Crippen molar-refractivity contribution in [3.63, 3.8) is 0 Å². The second kappa shape index (κ2) is 19.4. The molecule has 0 spiro atoms. The van der Waals surface area contributed by atoms with E-state index in [0.717, 1.165) is 0 Å². The first-order valence-electron chi connectivity index (χ1n) is 29.9. The van der Waals surface area contributed by atoms with Gasteiger partial charge in [0.2, 0.25) is 13.4 Å². The Balaban J connectivity index is 1.18.